The molecule has 2 aromatic rings. The maximum absolute atomic E-state index is 13.8. The van der Waals surface area contributed by atoms with Gasteiger partial charge in [-0.05, 0) is 42.3 Å². The van der Waals surface area contributed by atoms with Crippen molar-refractivity contribution in [3.05, 3.63) is 65.0 Å². The van der Waals surface area contributed by atoms with E-state index in [-0.39, 0.29) is 36.3 Å². The second-order valence-corrected chi connectivity index (χ2v) is 7.30. The number of nitrogens with one attached hydrogen (secondary N) is 1. The Morgan fingerprint density at radius 2 is 2.11 bits per heavy atom. The minimum atomic E-state index is -0.337. The van der Waals surface area contributed by atoms with Gasteiger partial charge in [-0.3, -0.25) is 4.79 Å². The maximum atomic E-state index is 13.8. The van der Waals surface area contributed by atoms with E-state index in [1.807, 2.05) is 30.0 Å². The number of aliphatic hydroxyl groups excluding tert-OH is 1. The van der Waals surface area contributed by atoms with Crippen LogP contribution in [0.5, 0.6) is 0 Å². The SMILES string of the molecule is CCC(=O)N1CC[C@@H]2[C@H](CO)Nc3ccc(C#Cc4ccccc4F)cc3[C@@H]21. The monoisotopic (exact) mass is 378 g/mol. The summed E-state index contributed by atoms with van der Waals surface area (Å²) in [7, 11) is 0. The first-order valence-electron chi connectivity index (χ1n) is 9.69. The van der Waals surface area contributed by atoms with Crippen LogP contribution in [-0.4, -0.2) is 35.1 Å². The lowest BCUT2D eigenvalue weighted by Crippen LogP contribution is -2.42. The van der Waals surface area contributed by atoms with Gasteiger partial charge in [-0.25, -0.2) is 4.39 Å². The molecule has 0 radical (unpaired) electrons. The molecular formula is C23H23FN2O2. The molecule has 2 N–H and O–H groups in total. The van der Waals surface area contributed by atoms with E-state index >= 15 is 0 Å². The first-order chi connectivity index (χ1) is 13.6. The van der Waals surface area contributed by atoms with Crippen LogP contribution < -0.4 is 5.32 Å². The largest absolute Gasteiger partial charge is 0.394 e. The summed E-state index contributed by atoms with van der Waals surface area (Å²) in [5.41, 5.74) is 3.09. The van der Waals surface area contributed by atoms with E-state index in [1.165, 1.54) is 6.07 Å². The minimum Gasteiger partial charge on any atom is -0.394 e. The summed E-state index contributed by atoms with van der Waals surface area (Å²) >= 11 is 0. The molecule has 0 unspecified atom stereocenters. The number of hydrogen-bond donors (Lipinski definition) is 2. The molecule has 1 amide bonds. The zero-order chi connectivity index (χ0) is 19.7. The molecule has 3 atom stereocenters. The third kappa shape index (κ3) is 3.25. The highest BCUT2D eigenvalue weighted by molar-refractivity contribution is 5.77. The summed E-state index contributed by atoms with van der Waals surface area (Å²) in [6, 6.07) is 12.1. The van der Waals surface area contributed by atoms with Gasteiger partial charge in [0.15, 0.2) is 0 Å². The highest BCUT2D eigenvalue weighted by atomic mass is 19.1. The number of halogens is 1. The topological polar surface area (TPSA) is 52.6 Å². The van der Waals surface area contributed by atoms with Crippen molar-refractivity contribution < 1.29 is 14.3 Å². The summed E-state index contributed by atoms with van der Waals surface area (Å²) in [6.45, 7) is 2.60. The molecule has 28 heavy (non-hydrogen) atoms. The standard InChI is InChI=1S/C23H23FN2O2/c1-2-22(28)26-12-11-17-21(14-27)25-20-10-8-15(13-18(20)23(17)26)7-9-16-5-3-4-6-19(16)24/h3-6,8,10,13,17,21,23,25,27H,2,11-12,14H2,1H3/t17-,21+,23-/m1/s1. The summed E-state index contributed by atoms with van der Waals surface area (Å²) in [6.07, 6.45) is 1.32. The molecule has 2 heterocycles. The van der Waals surface area contributed by atoms with Crippen LogP contribution in [0.15, 0.2) is 42.5 Å². The molecule has 0 bridgehead atoms. The van der Waals surface area contributed by atoms with E-state index in [1.54, 1.807) is 18.2 Å². The summed E-state index contributed by atoms with van der Waals surface area (Å²) in [5.74, 6) is 5.90. The molecule has 5 heteroatoms. The number of amides is 1. The van der Waals surface area contributed by atoms with Gasteiger partial charge >= 0.3 is 0 Å². The van der Waals surface area contributed by atoms with Crippen molar-refractivity contribution in [2.45, 2.75) is 31.8 Å². The summed E-state index contributed by atoms with van der Waals surface area (Å²) < 4.78 is 13.8. The molecule has 1 fully saturated rings. The van der Waals surface area contributed by atoms with Gasteiger partial charge in [-0.1, -0.05) is 30.9 Å². The average Bonchev–Trinajstić information content (AvgIpc) is 3.17. The van der Waals surface area contributed by atoms with Crippen LogP contribution in [0.4, 0.5) is 10.1 Å². The molecule has 2 aliphatic rings. The predicted octanol–water partition coefficient (Wildman–Crippen LogP) is 3.31. The van der Waals surface area contributed by atoms with Crippen molar-refractivity contribution in [1.82, 2.24) is 4.90 Å². The molecule has 0 saturated carbocycles. The zero-order valence-electron chi connectivity index (χ0n) is 15.8. The van der Waals surface area contributed by atoms with E-state index in [0.717, 1.165) is 23.2 Å². The van der Waals surface area contributed by atoms with Gasteiger partial charge in [-0.2, -0.15) is 0 Å². The minimum absolute atomic E-state index is 0.0314. The number of benzene rings is 2. The van der Waals surface area contributed by atoms with Crippen molar-refractivity contribution in [3.63, 3.8) is 0 Å². The number of carbonyl (C=O) groups is 1. The number of fused-ring (bicyclic) bond motifs is 3. The van der Waals surface area contributed by atoms with E-state index in [0.29, 0.717) is 18.5 Å². The number of aliphatic hydroxyl groups is 1. The van der Waals surface area contributed by atoms with Crippen LogP contribution in [-0.2, 0) is 4.79 Å². The van der Waals surface area contributed by atoms with Gasteiger partial charge in [0.1, 0.15) is 5.82 Å². The fraction of sp³-hybridized carbons (Fsp3) is 0.348. The van der Waals surface area contributed by atoms with Crippen molar-refractivity contribution in [1.29, 1.82) is 0 Å². The normalized spacial score (nSPS) is 22.5. The van der Waals surface area contributed by atoms with Gasteiger partial charge in [0.05, 0.1) is 24.3 Å². The van der Waals surface area contributed by atoms with Crippen LogP contribution in [0.1, 0.15) is 42.5 Å². The van der Waals surface area contributed by atoms with Crippen LogP contribution in [0.25, 0.3) is 0 Å². The Kier molecular flexibility index (Phi) is 5.06. The molecule has 2 aliphatic heterocycles. The van der Waals surface area contributed by atoms with Crippen LogP contribution >= 0.6 is 0 Å². The van der Waals surface area contributed by atoms with Crippen molar-refractivity contribution in [2.75, 3.05) is 18.5 Å². The Labute approximate surface area is 164 Å². The third-order valence-corrected chi connectivity index (χ3v) is 5.71. The van der Waals surface area contributed by atoms with Crippen LogP contribution in [0.2, 0.25) is 0 Å². The molecule has 1 saturated heterocycles. The lowest BCUT2D eigenvalue weighted by Gasteiger charge is -2.39. The lowest BCUT2D eigenvalue weighted by atomic mass is 9.82. The Hall–Kier alpha value is -2.84. The third-order valence-electron chi connectivity index (χ3n) is 5.71. The predicted molar refractivity (Wildman–Crippen MR) is 106 cm³/mol. The van der Waals surface area contributed by atoms with E-state index < -0.39 is 0 Å². The molecule has 0 aromatic heterocycles. The Morgan fingerprint density at radius 1 is 1.29 bits per heavy atom. The number of anilines is 1. The summed E-state index contributed by atoms with van der Waals surface area (Å²) in [5, 5.41) is 13.2. The van der Waals surface area contributed by atoms with Crippen molar-refractivity contribution in [2.24, 2.45) is 5.92 Å². The van der Waals surface area contributed by atoms with Gasteiger partial charge in [0.2, 0.25) is 5.91 Å². The molecule has 0 aliphatic carbocycles. The molecule has 0 spiro atoms. The zero-order valence-corrected chi connectivity index (χ0v) is 15.8. The smallest absolute Gasteiger partial charge is 0.222 e. The lowest BCUT2D eigenvalue weighted by molar-refractivity contribution is -0.132. The van der Waals surface area contributed by atoms with Gasteiger partial charge in [-0.15, -0.1) is 0 Å². The number of hydrogen-bond acceptors (Lipinski definition) is 3. The van der Waals surface area contributed by atoms with Crippen molar-refractivity contribution >= 4 is 11.6 Å². The first kappa shape index (κ1) is 18.5. The molecule has 4 rings (SSSR count). The molecule has 4 nitrogen and oxygen atoms in total. The van der Waals surface area contributed by atoms with Crippen LogP contribution in [0, 0.1) is 23.6 Å². The fourth-order valence-corrected chi connectivity index (χ4v) is 4.33. The molecule has 2 aromatic carbocycles. The second kappa shape index (κ2) is 7.65. The van der Waals surface area contributed by atoms with Gasteiger partial charge in [0, 0.05) is 30.1 Å². The molecule has 144 valence electrons. The number of nitrogens with zero attached hydrogens (tertiary/aromatic N) is 1. The number of rotatable bonds is 2. The summed E-state index contributed by atoms with van der Waals surface area (Å²) in [4.78, 5) is 14.4. The van der Waals surface area contributed by atoms with Gasteiger partial charge < -0.3 is 15.3 Å². The Balaban J connectivity index is 1.72. The highest BCUT2D eigenvalue weighted by Crippen LogP contribution is 2.46. The number of carbonyl (C=O) groups excluding carboxylic acids is 1. The fourth-order valence-electron chi connectivity index (χ4n) is 4.33. The Bertz CT molecular complexity index is 963. The van der Waals surface area contributed by atoms with E-state index in [4.69, 9.17) is 0 Å². The van der Waals surface area contributed by atoms with Gasteiger partial charge in [0.25, 0.3) is 0 Å². The number of likely N-dealkylation sites (tertiary alicyclic amines) is 1. The first-order valence-corrected chi connectivity index (χ1v) is 9.69. The van der Waals surface area contributed by atoms with E-state index in [9.17, 15) is 14.3 Å². The average molecular weight is 378 g/mol. The quantitative estimate of drug-likeness (QED) is 0.789. The molecular weight excluding hydrogens is 355 g/mol. The van der Waals surface area contributed by atoms with Crippen LogP contribution in [0.3, 0.4) is 0 Å². The second-order valence-electron chi connectivity index (χ2n) is 7.30. The Morgan fingerprint density at radius 3 is 2.86 bits per heavy atom. The maximum Gasteiger partial charge on any atom is 0.222 e. The van der Waals surface area contributed by atoms with Crippen molar-refractivity contribution in [3.8, 4) is 11.8 Å². The van der Waals surface area contributed by atoms with E-state index in [2.05, 4.69) is 17.2 Å². The highest BCUT2D eigenvalue weighted by Gasteiger charge is 2.45.